The summed E-state index contributed by atoms with van der Waals surface area (Å²) in [6.07, 6.45) is 0.901. The summed E-state index contributed by atoms with van der Waals surface area (Å²) in [5, 5.41) is 8.39. The Morgan fingerprint density at radius 2 is 1.59 bits per heavy atom. The van der Waals surface area contributed by atoms with Gasteiger partial charge < -0.3 is 16.0 Å². The quantitative estimate of drug-likeness (QED) is 0.450. The fourth-order valence-corrected chi connectivity index (χ4v) is 4.11. The second kappa shape index (κ2) is 13.0. The van der Waals surface area contributed by atoms with Crippen LogP contribution in [0.25, 0.3) is 0 Å². The highest BCUT2D eigenvalue weighted by molar-refractivity contribution is 5.94. The summed E-state index contributed by atoms with van der Waals surface area (Å²) in [6, 6.07) is 12.6. The Balaban J connectivity index is 1.46. The molecule has 0 aromatic heterocycles. The molecule has 202 valence electrons. The van der Waals surface area contributed by atoms with Crippen molar-refractivity contribution in [2.75, 3.05) is 38.0 Å². The third kappa shape index (κ3) is 9.44. The highest BCUT2D eigenvalue weighted by atomic mass is 19.1. The monoisotopic (exact) mass is 511 g/mol. The number of nitrogens with zero attached hydrogens (tertiary/aromatic N) is 2. The van der Waals surface area contributed by atoms with Crippen LogP contribution in [0.4, 0.5) is 14.9 Å². The molecule has 3 N–H and O–H groups in total. The number of benzene rings is 2. The molecule has 2 aromatic carbocycles. The lowest BCUT2D eigenvalue weighted by atomic mass is 9.97. The van der Waals surface area contributed by atoms with Crippen LogP contribution in [0, 0.1) is 11.2 Å². The predicted molar refractivity (Wildman–Crippen MR) is 147 cm³/mol. The van der Waals surface area contributed by atoms with Gasteiger partial charge in [-0.15, -0.1) is 0 Å². The minimum absolute atomic E-state index is 0.0278. The van der Waals surface area contributed by atoms with Crippen LogP contribution < -0.4 is 16.0 Å². The number of urea groups is 1. The fourth-order valence-electron chi connectivity index (χ4n) is 4.11. The molecule has 3 rings (SSSR count). The maximum absolute atomic E-state index is 14.6. The van der Waals surface area contributed by atoms with Gasteiger partial charge in [0.05, 0.1) is 5.69 Å². The lowest BCUT2D eigenvalue weighted by molar-refractivity contribution is 0.0938. The third-order valence-electron chi connectivity index (χ3n) is 6.52. The zero-order chi connectivity index (χ0) is 27.0. The van der Waals surface area contributed by atoms with E-state index in [4.69, 9.17) is 0 Å². The van der Waals surface area contributed by atoms with E-state index < -0.39 is 11.8 Å². The first-order valence-corrected chi connectivity index (χ1v) is 13.2. The number of halogens is 1. The Kier molecular flexibility index (Phi) is 10.1. The van der Waals surface area contributed by atoms with Crippen molar-refractivity contribution in [3.05, 3.63) is 65.0 Å². The van der Waals surface area contributed by atoms with Crippen LogP contribution in [0.5, 0.6) is 0 Å². The topological polar surface area (TPSA) is 76.7 Å². The van der Waals surface area contributed by atoms with E-state index in [2.05, 4.69) is 38.7 Å². The molecular formula is C29H42FN5O2. The summed E-state index contributed by atoms with van der Waals surface area (Å²) in [6.45, 7) is 15.7. The zero-order valence-corrected chi connectivity index (χ0v) is 22.9. The third-order valence-corrected chi connectivity index (χ3v) is 6.52. The number of amides is 3. The first kappa shape index (κ1) is 28.6. The van der Waals surface area contributed by atoms with Crippen molar-refractivity contribution in [1.29, 1.82) is 0 Å². The molecular weight excluding hydrogens is 469 g/mol. The van der Waals surface area contributed by atoms with Gasteiger partial charge in [0, 0.05) is 57.4 Å². The van der Waals surface area contributed by atoms with Gasteiger partial charge in [0.2, 0.25) is 0 Å². The van der Waals surface area contributed by atoms with Crippen molar-refractivity contribution >= 4 is 17.6 Å². The zero-order valence-electron chi connectivity index (χ0n) is 22.9. The number of anilines is 1. The minimum atomic E-state index is -0.431. The number of hydrogen-bond donors (Lipinski definition) is 3. The van der Waals surface area contributed by atoms with Gasteiger partial charge in [-0.2, -0.15) is 0 Å². The van der Waals surface area contributed by atoms with Crippen LogP contribution in [-0.4, -0.2) is 60.5 Å². The second-order valence-corrected chi connectivity index (χ2v) is 11.2. The molecule has 1 heterocycles. The lowest BCUT2D eigenvalue weighted by Crippen LogP contribution is -2.45. The number of piperazine rings is 1. The molecule has 1 aliphatic heterocycles. The molecule has 0 spiro atoms. The van der Waals surface area contributed by atoms with Crippen molar-refractivity contribution in [1.82, 2.24) is 20.4 Å². The van der Waals surface area contributed by atoms with Gasteiger partial charge in [-0.3, -0.25) is 14.6 Å². The standard InChI is InChI=1S/C29H42FN5O2/c1-6-21(2)32-27(36)24-9-7-8-22(16-24)18-34-12-14-35(15-13-34)19-23-10-11-26(25(30)17-23)33-28(37)31-20-29(3,4)5/h7-11,16-17,21H,6,12-15,18-20H2,1-5H3,(H,32,36)(H2,31,33,37)/t21-/m1/s1. The summed E-state index contributed by atoms with van der Waals surface area (Å²) in [5.41, 5.74) is 2.84. The van der Waals surface area contributed by atoms with Crippen molar-refractivity contribution < 1.29 is 14.0 Å². The largest absolute Gasteiger partial charge is 0.350 e. The van der Waals surface area contributed by atoms with Gasteiger partial charge in [0.15, 0.2) is 0 Å². The van der Waals surface area contributed by atoms with E-state index >= 15 is 0 Å². The summed E-state index contributed by atoms with van der Waals surface area (Å²) in [7, 11) is 0. The smallest absolute Gasteiger partial charge is 0.319 e. The molecule has 0 radical (unpaired) electrons. The molecule has 37 heavy (non-hydrogen) atoms. The Morgan fingerprint density at radius 3 is 2.16 bits per heavy atom. The van der Waals surface area contributed by atoms with E-state index in [0.29, 0.717) is 18.7 Å². The molecule has 1 fully saturated rings. The molecule has 1 aliphatic rings. The average Bonchev–Trinajstić information content (AvgIpc) is 2.85. The van der Waals surface area contributed by atoms with E-state index in [1.807, 2.05) is 52.0 Å². The van der Waals surface area contributed by atoms with E-state index in [-0.39, 0.29) is 23.1 Å². The Labute approximate surface area is 220 Å². The molecule has 7 nitrogen and oxygen atoms in total. The number of carbonyl (C=O) groups excluding carboxylic acids is 2. The van der Waals surface area contributed by atoms with E-state index in [1.165, 1.54) is 6.07 Å². The Hall–Kier alpha value is -2.97. The fraction of sp³-hybridized carbons (Fsp3) is 0.517. The summed E-state index contributed by atoms with van der Waals surface area (Å²) < 4.78 is 14.6. The average molecular weight is 512 g/mol. The van der Waals surface area contributed by atoms with Crippen LogP contribution in [-0.2, 0) is 13.1 Å². The summed E-state index contributed by atoms with van der Waals surface area (Å²) >= 11 is 0. The molecule has 8 heteroatoms. The predicted octanol–water partition coefficient (Wildman–Crippen LogP) is 4.84. The van der Waals surface area contributed by atoms with Crippen molar-refractivity contribution in [3.8, 4) is 0 Å². The summed E-state index contributed by atoms with van der Waals surface area (Å²) in [4.78, 5) is 29.2. The summed E-state index contributed by atoms with van der Waals surface area (Å²) in [5.74, 6) is -0.459. The molecule has 1 saturated heterocycles. The number of carbonyl (C=O) groups is 2. The van der Waals surface area contributed by atoms with Gasteiger partial charge in [0.25, 0.3) is 5.91 Å². The normalized spacial score (nSPS) is 15.7. The maximum Gasteiger partial charge on any atom is 0.319 e. The number of hydrogen-bond acceptors (Lipinski definition) is 4. The van der Waals surface area contributed by atoms with Crippen LogP contribution in [0.15, 0.2) is 42.5 Å². The van der Waals surface area contributed by atoms with E-state index in [9.17, 15) is 14.0 Å². The van der Waals surface area contributed by atoms with Crippen molar-refractivity contribution in [2.45, 2.75) is 60.2 Å². The molecule has 0 bridgehead atoms. The van der Waals surface area contributed by atoms with Crippen molar-refractivity contribution in [3.63, 3.8) is 0 Å². The molecule has 1 atom stereocenters. The van der Waals surface area contributed by atoms with Crippen LogP contribution in [0.1, 0.15) is 62.5 Å². The molecule has 0 unspecified atom stereocenters. The van der Waals surface area contributed by atoms with Crippen molar-refractivity contribution in [2.24, 2.45) is 5.41 Å². The van der Waals surface area contributed by atoms with Gasteiger partial charge in [-0.25, -0.2) is 9.18 Å². The highest BCUT2D eigenvalue weighted by Gasteiger charge is 2.19. The second-order valence-electron chi connectivity index (χ2n) is 11.2. The molecule has 0 aliphatic carbocycles. The number of nitrogens with one attached hydrogen (secondary N) is 3. The first-order valence-electron chi connectivity index (χ1n) is 13.2. The van der Waals surface area contributed by atoms with Gasteiger partial charge in [0.1, 0.15) is 5.82 Å². The number of rotatable bonds is 9. The van der Waals surface area contributed by atoms with Crippen LogP contribution in [0.3, 0.4) is 0 Å². The van der Waals surface area contributed by atoms with Crippen LogP contribution >= 0.6 is 0 Å². The lowest BCUT2D eigenvalue weighted by Gasteiger charge is -2.34. The maximum atomic E-state index is 14.6. The van der Waals surface area contributed by atoms with Gasteiger partial charge >= 0.3 is 6.03 Å². The van der Waals surface area contributed by atoms with Gasteiger partial charge in [-0.1, -0.05) is 45.9 Å². The highest BCUT2D eigenvalue weighted by Crippen LogP contribution is 2.19. The molecule has 3 amide bonds. The van der Waals surface area contributed by atoms with E-state index in [0.717, 1.165) is 50.3 Å². The SMILES string of the molecule is CC[C@@H](C)NC(=O)c1cccc(CN2CCN(Cc3ccc(NC(=O)NCC(C)(C)C)c(F)c3)CC2)c1. The minimum Gasteiger partial charge on any atom is -0.350 e. The van der Waals surface area contributed by atoms with E-state index in [1.54, 1.807) is 6.07 Å². The Bertz CT molecular complexity index is 1060. The first-order chi connectivity index (χ1) is 17.5. The molecule has 2 aromatic rings. The Morgan fingerprint density at radius 1 is 0.973 bits per heavy atom. The van der Waals surface area contributed by atoms with Gasteiger partial charge in [-0.05, 0) is 54.2 Å². The van der Waals surface area contributed by atoms with Crippen LogP contribution in [0.2, 0.25) is 0 Å². The molecule has 0 saturated carbocycles.